The molecule has 0 aliphatic heterocycles. The van der Waals surface area contributed by atoms with Gasteiger partial charge < -0.3 is 14.6 Å². The molecule has 0 unspecified atom stereocenters. The van der Waals surface area contributed by atoms with Gasteiger partial charge in [0.25, 0.3) is 5.91 Å². The molecule has 3 aromatic rings. The maximum atomic E-state index is 12.8. The normalized spacial score (nSPS) is 11.3. The van der Waals surface area contributed by atoms with Gasteiger partial charge in [0.1, 0.15) is 5.75 Å². The number of aliphatic carboxylic acids is 1. The zero-order valence-electron chi connectivity index (χ0n) is 17.3. The predicted octanol–water partition coefficient (Wildman–Crippen LogP) is 5.02. The van der Waals surface area contributed by atoms with Crippen LogP contribution in [0.5, 0.6) is 17.5 Å². The molecule has 1 amide bonds. The molecule has 0 saturated heterocycles. The fraction of sp³-hybridized carbons (Fsp3) is 0.238. The van der Waals surface area contributed by atoms with E-state index in [9.17, 15) is 22.8 Å². The third-order valence-corrected chi connectivity index (χ3v) is 4.71. The Labute approximate surface area is 190 Å². The van der Waals surface area contributed by atoms with Crippen LogP contribution in [0.25, 0.3) is 0 Å². The first-order chi connectivity index (χ1) is 15.5. The number of hydrogen-bond donors (Lipinski definition) is 2. The monoisotopic (exact) mass is 481 g/mol. The largest absolute Gasteiger partial charge is 0.481 e. The number of ether oxygens (including phenoxy) is 2. The minimum Gasteiger partial charge on any atom is -0.481 e. The number of aromatic nitrogens is 2. The Balaban J connectivity index is 1.82. The van der Waals surface area contributed by atoms with Crippen molar-refractivity contribution in [3.05, 3.63) is 58.6 Å². The lowest BCUT2D eigenvalue weighted by atomic mass is 10.2. The summed E-state index contributed by atoms with van der Waals surface area (Å²) in [4.78, 5) is 31.7. The number of alkyl halides is 3. The van der Waals surface area contributed by atoms with Gasteiger partial charge >= 0.3 is 12.1 Å². The fourth-order valence-electron chi connectivity index (χ4n) is 2.57. The van der Waals surface area contributed by atoms with E-state index in [1.165, 1.54) is 17.5 Å². The van der Waals surface area contributed by atoms with Crippen molar-refractivity contribution >= 4 is 28.3 Å². The van der Waals surface area contributed by atoms with E-state index in [2.05, 4.69) is 15.3 Å². The molecule has 0 saturated carbocycles. The highest BCUT2D eigenvalue weighted by Gasteiger charge is 2.30. The first kappa shape index (κ1) is 24.0. The molecule has 0 bridgehead atoms. The van der Waals surface area contributed by atoms with Gasteiger partial charge in [-0.05, 0) is 38.1 Å². The number of nitrogens with zero attached hydrogens (tertiary/aromatic N) is 2. The van der Waals surface area contributed by atoms with E-state index in [1.807, 2.05) is 0 Å². The average molecular weight is 481 g/mol. The Hall–Kier alpha value is -3.67. The third-order valence-electron chi connectivity index (χ3n) is 3.91. The number of thiazole rings is 1. The number of anilines is 1. The Bertz CT molecular complexity index is 1150. The number of benzene rings is 1. The maximum absolute atomic E-state index is 12.8. The van der Waals surface area contributed by atoms with Gasteiger partial charge in [-0.15, -0.1) is 11.3 Å². The second kappa shape index (κ2) is 9.86. The molecule has 2 aromatic heterocycles. The highest BCUT2D eigenvalue weighted by atomic mass is 32.1. The van der Waals surface area contributed by atoms with E-state index in [0.717, 1.165) is 35.6 Å². The fourth-order valence-corrected chi connectivity index (χ4v) is 3.27. The molecule has 0 radical (unpaired) electrons. The summed E-state index contributed by atoms with van der Waals surface area (Å²) in [6.45, 7) is 3.51. The second-order valence-corrected chi connectivity index (χ2v) is 7.85. The Kier molecular flexibility index (Phi) is 7.16. The van der Waals surface area contributed by atoms with Gasteiger partial charge in [-0.25, -0.2) is 4.98 Å². The highest BCUT2D eigenvalue weighted by Crippen LogP contribution is 2.32. The van der Waals surface area contributed by atoms with Crippen LogP contribution in [-0.2, 0) is 17.4 Å². The Morgan fingerprint density at radius 3 is 2.39 bits per heavy atom. The number of hydrogen-bond acceptors (Lipinski definition) is 7. The Morgan fingerprint density at radius 1 is 1.12 bits per heavy atom. The molecule has 33 heavy (non-hydrogen) atoms. The van der Waals surface area contributed by atoms with Crippen molar-refractivity contribution in [3.63, 3.8) is 0 Å². The maximum Gasteiger partial charge on any atom is 0.416 e. The Morgan fingerprint density at radius 2 is 1.79 bits per heavy atom. The van der Waals surface area contributed by atoms with Crippen LogP contribution in [0.2, 0.25) is 0 Å². The second-order valence-electron chi connectivity index (χ2n) is 6.99. The standard InChI is InChI=1S/C21H18F3N3O5S/c1-11(2)31-16-7-12(19(30)27-20-25-14(10-33-20)9-18(28)29)8-17(26-16)32-15-5-3-13(4-6-15)21(22,23)24/h3-8,10-11H,9H2,1-2H3,(H,28,29)(H,25,27,30). The molecule has 1 aromatic carbocycles. The topological polar surface area (TPSA) is 111 Å². The number of carboxylic acid groups (broad SMARTS) is 1. The molecule has 12 heteroatoms. The van der Waals surface area contributed by atoms with E-state index in [4.69, 9.17) is 14.6 Å². The van der Waals surface area contributed by atoms with E-state index in [0.29, 0.717) is 5.69 Å². The number of pyridine rings is 1. The quantitative estimate of drug-likeness (QED) is 0.465. The molecule has 0 aliphatic rings. The summed E-state index contributed by atoms with van der Waals surface area (Å²) in [6, 6.07) is 6.69. The number of carboxylic acids is 1. The number of amides is 1. The molecular formula is C21H18F3N3O5S. The molecule has 0 aliphatic carbocycles. The van der Waals surface area contributed by atoms with Gasteiger partial charge in [-0.1, -0.05) is 0 Å². The van der Waals surface area contributed by atoms with Crippen LogP contribution in [0, 0.1) is 0 Å². The van der Waals surface area contributed by atoms with Crippen LogP contribution in [-0.4, -0.2) is 33.1 Å². The van der Waals surface area contributed by atoms with Crippen LogP contribution in [0.3, 0.4) is 0 Å². The number of nitrogens with one attached hydrogen (secondary N) is 1. The van der Waals surface area contributed by atoms with Crippen LogP contribution in [0.1, 0.15) is 35.5 Å². The number of halogens is 3. The molecule has 0 fully saturated rings. The van der Waals surface area contributed by atoms with Gasteiger partial charge in [-0.2, -0.15) is 18.2 Å². The minimum absolute atomic E-state index is 0.0660. The van der Waals surface area contributed by atoms with Gasteiger partial charge in [0.2, 0.25) is 11.8 Å². The van der Waals surface area contributed by atoms with E-state index < -0.39 is 23.6 Å². The first-order valence-electron chi connectivity index (χ1n) is 9.51. The highest BCUT2D eigenvalue weighted by molar-refractivity contribution is 7.14. The molecule has 2 N–H and O–H groups in total. The molecule has 3 rings (SSSR count). The summed E-state index contributed by atoms with van der Waals surface area (Å²) >= 11 is 1.06. The van der Waals surface area contributed by atoms with E-state index in [-0.39, 0.29) is 40.7 Å². The molecule has 2 heterocycles. The summed E-state index contributed by atoms with van der Waals surface area (Å²) in [5, 5.41) is 13.1. The van der Waals surface area contributed by atoms with Crippen LogP contribution < -0.4 is 14.8 Å². The predicted molar refractivity (Wildman–Crippen MR) is 113 cm³/mol. The van der Waals surface area contributed by atoms with Gasteiger partial charge in [-0.3, -0.25) is 14.9 Å². The van der Waals surface area contributed by atoms with Gasteiger partial charge in [0.05, 0.1) is 29.3 Å². The third kappa shape index (κ3) is 6.91. The molecule has 8 nitrogen and oxygen atoms in total. The summed E-state index contributed by atoms with van der Waals surface area (Å²) in [5.41, 5.74) is -0.435. The first-order valence-corrected chi connectivity index (χ1v) is 10.4. The molecule has 174 valence electrons. The van der Waals surface area contributed by atoms with Crippen molar-refractivity contribution in [3.8, 4) is 17.5 Å². The molecular weight excluding hydrogens is 463 g/mol. The zero-order valence-corrected chi connectivity index (χ0v) is 18.2. The lowest BCUT2D eigenvalue weighted by molar-refractivity contribution is -0.138. The number of carbonyl (C=O) groups excluding carboxylic acids is 1. The van der Waals surface area contributed by atoms with E-state index >= 15 is 0 Å². The van der Waals surface area contributed by atoms with Crippen molar-refractivity contribution in [2.45, 2.75) is 32.5 Å². The lowest BCUT2D eigenvalue weighted by Gasteiger charge is -2.13. The molecule has 0 atom stereocenters. The summed E-state index contributed by atoms with van der Waals surface area (Å²) in [7, 11) is 0. The SMILES string of the molecule is CC(C)Oc1cc(C(=O)Nc2nc(CC(=O)O)cs2)cc(Oc2ccc(C(F)(F)F)cc2)n1. The summed E-state index contributed by atoms with van der Waals surface area (Å²) < 4.78 is 49.4. The van der Waals surface area contributed by atoms with Crippen molar-refractivity contribution in [1.82, 2.24) is 9.97 Å². The summed E-state index contributed by atoms with van der Waals surface area (Å²) in [5.74, 6) is -1.54. The van der Waals surface area contributed by atoms with Crippen LogP contribution >= 0.6 is 11.3 Å². The molecule has 0 spiro atoms. The number of rotatable bonds is 8. The zero-order chi connectivity index (χ0) is 24.2. The van der Waals surface area contributed by atoms with Gasteiger partial charge in [0.15, 0.2) is 5.13 Å². The smallest absolute Gasteiger partial charge is 0.416 e. The van der Waals surface area contributed by atoms with Gasteiger partial charge in [0, 0.05) is 17.5 Å². The van der Waals surface area contributed by atoms with Crippen molar-refractivity contribution < 1.29 is 37.3 Å². The minimum atomic E-state index is -4.48. The summed E-state index contributed by atoms with van der Waals surface area (Å²) in [6.07, 6.45) is -5.03. The van der Waals surface area contributed by atoms with E-state index in [1.54, 1.807) is 13.8 Å². The van der Waals surface area contributed by atoms with Crippen molar-refractivity contribution in [1.29, 1.82) is 0 Å². The number of carbonyl (C=O) groups is 2. The lowest BCUT2D eigenvalue weighted by Crippen LogP contribution is -2.14. The van der Waals surface area contributed by atoms with Crippen molar-refractivity contribution in [2.24, 2.45) is 0 Å². The average Bonchev–Trinajstić information content (AvgIpc) is 3.13. The van der Waals surface area contributed by atoms with Crippen molar-refractivity contribution in [2.75, 3.05) is 5.32 Å². The van der Waals surface area contributed by atoms with Crippen LogP contribution in [0.15, 0.2) is 41.8 Å². The van der Waals surface area contributed by atoms with Crippen LogP contribution in [0.4, 0.5) is 18.3 Å².